The molecule has 3 rings (SSSR count). The molecule has 0 aromatic rings. The van der Waals surface area contributed by atoms with Crippen LogP contribution in [0.1, 0.15) is 65.2 Å². The summed E-state index contributed by atoms with van der Waals surface area (Å²) in [6, 6.07) is -0.0438. The van der Waals surface area contributed by atoms with Crippen molar-refractivity contribution >= 4 is 11.8 Å². The molecule has 2 amide bonds. The summed E-state index contributed by atoms with van der Waals surface area (Å²) in [6.07, 6.45) is 8.91. The molecule has 5 heteroatoms. The van der Waals surface area contributed by atoms with Gasteiger partial charge in [-0.15, -0.1) is 0 Å². The quantitative estimate of drug-likeness (QED) is 0.774. The molecule has 1 unspecified atom stereocenters. The predicted molar refractivity (Wildman–Crippen MR) is 104 cm³/mol. The number of rotatable bonds is 3. The topological polar surface area (TPSA) is 43.9 Å². The minimum absolute atomic E-state index is 0.0438. The molecular weight excluding hydrogens is 326 g/mol. The minimum atomic E-state index is -0.0438. The number of carbonyl (C=O) groups is 2. The molecule has 3 aliphatic heterocycles. The zero-order valence-electron chi connectivity index (χ0n) is 16.8. The standard InChI is InChI=1S/C21H37N3O2/c1-17-7-13-24(14-8-17)20(25)18(2)22-15-9-19(10-16-22)21(26)23-11-5-3-4-6-12-23/h17-19H,3-16H2,1-2H3. The predicted octanol–water partition coefficient (Wildman–Crippen LogP) is 2.75. The lowest BCUT2D eigenvalue weighted by Crippen LogP contribution is -2.52. The molecule has 3 fully saturated rings. The molecule has 0 bridgehead atoms. The van der Waals surface area contributed by atoms with Crippen LogP contribution in [-0.4, -0.2) is 71.8 Å². The number of hydrogen-bond donors (Lipinski definition) is 0. The van der Waals surface area contributed by atoms with Gasteiger partial charge in [0.2, 0.25) is 11.8 Å². The summed E-state index contributed by atoms with van der Waals surface area (Å²) in [5.74, 6) is 1.57. The molecule has 1 atom stereocenters. The van der Waals surface area contributed by atoms with E-state index in [1.165, 1.54) is 12.8 Å². The molecule has 0 N–H and O–H groups in total. The Kier molecular flexibility index (Phi) is 6.96. The van der Waals surface area contributed by atoms with E-state index in [1.54, 1.807) is 0 Å². The van der Waals surface area contributed by atoms with Gasteiger partial charge in [-0.2, -0.15) is 0 Å². The zero-order valence-corrected chi connectivity index (χ0v) is 16.8. The first-order valence-corrected chi connectivity index (χ1v) is 10.9. The van der Waals surface area contributed by atoms with Gasteiger partial charge in [0.05, 0.1) is 6.04 Å². The molecule has 3 heterocycles. The van der Waals surface area contributed by atoms with Crippen LogP contribution in [0.5, 0.6) is 0 Å². The van der Waals surface area contributed by atoms with Crippen LogP contribution in [0.4, 0.5) is 0 Å². The van der Waals surface area contributed by atoms with E-state index in [1.807, 2.05) is 0 Å². The molecule has 0 radical (unpaired) electrons. The van der Waals surface area contributed by atoms with Gasteiger partial charge in [0, 0.05) is 32.1 Å². The van der Waals surface area contributed by atoms with Crippen LogP contribution in [0.3, 0.4) is 0 Å². The molecule has 5 nitrogen and oxygen atoms in total. The van der Waals surface area contributed by atoms with Crippen LogP contribution in [0.2, 0.25) is 0 Å². The largest absolute Gasteiger partial charge is 0.342 e. The second-order valence-electron chi connectivity index (χ2n) is 8.73. The van der Waals surface area contributed by atoms with Crippen molar-refractivity contribution in [3.05, 3.63) is 0 Å². The Morgan fingerprint density at radius 1 is 0.769 bits per heavy atom. The maximum atomic E-state index is 12.8. The highest BCUT2D eigenvalue weighted by molar-refractivity contribution is 5.82. The molecule has 0 aromatic heterocycles. The fourth-order valence-electron chi connectivity index (χ4n) is 4.73. The maximum absolute atomic E-state index is 12.8. The van der Waals surface area contributed by atoms with Crippen molar-refractivity contribution in [3.63, 3.8) is 0 Å². The van der Waals surface area contributed by atoms with Gasteiger partial charge in [-0.05, 0) is 64.5 Å². The zero-order chi connectivity index (χ0) is 18.5. The van der Waals surface area contributed by atoms with E-state index in [-0.39, 0.29) is 17.9 Å². The van der Waals surface area contributed by atoms with E-state index < -0.39 is 0 Å². The van der Waals surface area contributed by atoms with E-state index in [9.17, 15) is 9.59 Å². The Bertz CT molecular complexity index is 472. The number of hydrogen-bond acceptors (Lipinski definition) is 3. The third-order valence-corrected chi connectivity index (χ3v) is 6.80. The van der Waals surface area contributed by atoms with Crippen molar-refractivity contribution < 1.29 is 9.59 Å². The van der Waals surface area contributed by atoms with Gasteiger partial charge in [-0.3, -0.25) is 14.5 Å². The molecule has 3 saturated heterocycles. The van der Waals surface area contributed by atoms with Crippen LogP contribution in [0.15, 0.2) is 0 Å². The minimum Gasteiger partial charge on any atom is -0.342 e. The summed E-state index contributed by atoms with van der Waals surface area (Å²) < 4.78 is 0. The number of amides is 2. The Labute approximate surface area is 159 Å². The fraction of sp³-hybridized carbons (Fsp3) is 0.905. The molecule has 0 aliphatic carbocycles. The SMILES string of the molecule is CC1CCN(C(=O)C(C)N2CCC(C(=O)N3CCCCCC3)CC2)CC1. The van der Waals surface area contributed by atoms with E-state index in [2.05, 4.69) is 28.5 Å². The van der Waals surface area contributed by atoms with Crippen LogP contribution in [0.25, 0.3) is 0 Å². The molecule has 3 aliphatic rings. The summed E-state index contributed by atoms with van der Waals surface area (Å²) in [4.78, 5) is 32.1. The first kappa shape index (κ1) is 19.7. The maximum Gasteiger partial charge on any atom is 0.239 e. The van der Waals surface area contributed by atoms with Crippen molar-refractivity contribution in [2.75, 3.05) is 39.3 Å². The van der Waals surface area contributed by atoms with Crippen molar-refractivity contribution in [1.82, 2.24) is 14.7 Å². The van der Waals surface area contributed by atoms with Crippen LogP contribution >= 0.6 is 0 Å². The number of nitrogens with zero attached hydrogens (tertiary/aromatic N) is 3. The highest BCUT2D eigenvalue weighted by Crippen LogP contribution is 2.24. The summed E-state index contributed by atoms with van der Waals surface area (Å²) in [5.41, 5.74) is 0. The monoisotopic (exact) mass is 363 g/mol. The lowest BCUT2D eigenvalue weighted by atomic mass is 9.93. The number of likely N-dealkylation sites (tertiary alicyclic amines) is 3. The summed E-state index contributed by atoms with van der Waals surface area (Å²) in [6.45, 7) is 9.79. The molecule has 0 saturated carbocycles. The summed E-state index contributed by atoms with van der Waals surface area (Å²) >= 11 is 0. The summed E-state index contributed by atoms with van der Waals surface area (Å²) in [7, 11) is 0. The first-order chi connectivity index (χ1) is 12.6. The second kappa shape index (κ2) is 9.20. The van der Waals surface area contributed by atoms with Crippen LogP contribution < -0.4 is 0 Å². The molecule has 0 spiro atoms. The van der Waals surface area contributed by atoms with E-state index in [0.717, 1.165) is 83.7 Å². The second-order valence-corrected chi connectivity index (χ2v) is 8.73. The van der Waals surface area contributed by atoms with Gasteiger partial charge < -0.3 is 9.80 Å². The number of carbonyl (C=O) groups excluding carboxylic acids is 2. The summed E-state index contributed by atoms with van der Waals surface area (Å²) in [5, 5.41) is 0. The van der Waals surface area contributed by atoms with Crippen molar-refractivity contribution in [2.45, 2.75) is 71.3 Å². The lowest BCUT2D eigenvalue weighted by molar-refractivity contribution is -0.140. The van der Waals surface area contributed by atoms with Gasteiger partial charge in [-0.25, -0.2) is 0 Å². The Morgan fingerprint density at radius 3 is 1.92 bits per heavy atom. The first-order valence-electron chi connectivity index (χ1n) is 10.9. The molecular formula is C21H37N3O2. The van der Waals surface area contributed by atoms with Gasteiger partial charge in [0.15, 0.2) is 0 Å². The number of piperidine rings is 2. The Morgan fingerprint density at radius 2 is 1.35 bits per heavy atom. The van der Waals surface area contributed by atoms with E-state index >= 15 is 0 Å². The average Bonchev–Trinajstić information content (AvgIpc) is 2.96. The molecule has 0 aromatic carbocycles. The van der Waals surface area contributed by atoms with Gasteiger partial charge >= 0.3 is 0 Å². The van der Waals surface area contributed by atoms with E-state index in [4.69, 9.17) is 0 Å². The van der Waals surface area contributed by atoms with E-state index in [0.29, 0.717) is 5.91 Å². The van der Waals surface area contributed by atoms with Crippen LogP contribution in [-0.2, 0) is 9.59 Å². The molecule has 148 valence electrons. The van der Waals surface area contributed by atoms with Crippen molar-refractivity contribution in [2.24, 2.45) is 11.8 Å². The van der Waals surface area contributed by atoms with Gasteiger partial charge in [-0.1, -0.05) is 19.8 Å². The third kappa shape index (κ3) is 4.79. The fourth-order valence-corrected chi connectivity index (χ4v) is 4.73. The Balaban J connectivity index is 1.46. The van der Waals surface area contributed by atoms with Crippen molar-refractivity contribution in [3.8, 4) is 0 Å². The van der Waals surface area contributed by atoms with Gasteiger partial charge in [0.1, 0.15) is 0 Å². The normalized spacial score (nSPS) is 25.8. The Hall–Kier alpha value is -1.10. The third-order valence-electron chi connectivity index (χ3n) is 6.80. The van der Waals surface area contributed by atoms with Crippen LogP contribution in [0, 0.1) is 11.8 Å². The smallest absolute Gasteiger partial charge is 0.239 e. The van der Waals surface area contributed by atoms with Crippen molar-refractivity contribution in [1.29, 1.82) is 0 Å². The van der Waals surface area contributed by atoms with Gasteiger partial charge in [0.25, 0.3) is 0 Å². The highest BCUT2D eigenvalue weighted by Gasteiger charge is 2.33. The molecule has 26 heavy (non-hydrogen) atoms. The highest BCUT2D eigenvalue weighted by atomic mass is 16.2. The average molecular weight is 364 g/mol. The lowest BCUT2D eigenvalue weighted by Gasteiger charge is -2.39.